The van der Waals surface area contributed by atoms with Crippen LogP contribution in [0.1, 0.15) is 41.1 Å². The van der Waals surface area contributed by atoms with Gasteiger partial charge in [-0.15, -0.1) is 5.10 Å². The molecule has 0 bridgehead atoms. The molecule has 1 aromatic heterocycles. The minimum absolute atomic E-state index is 0.237. The number of carbonyl (C=O) groups is 1. The Morgan fingerprint density at radius 3 is 2.23 bits per heavy atom. The fraction of sp³-hybridized carbons (Fsp3) is 0.235. The monoisotopic (exact) mass is 531 g/mol. The minimum Gasteiger partial charge on any atom is -0.453 e. The smallest absolute Gasteiger partial charge is 0.409 e. The van der Waals surface area contributed by atoms with Crippen molar-refractivity contribution < 1.29 is 14.4 Å². The predicted octanol–water partition coefficient (Wildman–Crippen LogP) is 6.87. The van der Waals surface area contributed by atoms with Crippen molar-refractivity contribution in [3.8, 4) is 11.3 Å². The summed E-state index contributed by atoms with van der Waals surface area (Å²) in [5, 5.41) is 7.56. The molecule has 1 amide bonds. The molecular formula is C34H33N3O3. The van der Waals surface area contributed by atoms with Gasteiger partial charge in [-0.05, 0) is 40.7 Å². The number of carbonyl (C=O) groups excluding carboxylic acids is 1. The van der Waals surface area contributed by atoms with Crippen LogP contribution >= 0.6 is 0 Å². The van der Waals surface area contributed by atoms with Crippen LogP contribution in [0.15, 0.2) is 103 Å². The van der Waals surface area contributed by atoms with Crippen molar-refractivity contribution in [2.75, 3.05) is 20.2 Å². The number of fused-ring (bicyclic) bond motifs is 1. The number of rotatable bonds is 7. The van der Waals surface area contributed by atoms with Gasteiger partial charge in [0.1, 0.15) is 12.3 Å². The number of hydrogen-bond acceptors (Lipinski definition) is 4. The van der Waals surface area contributed by atoms with Gasteiger partial charge >= 0.3 is 6.09 Å². The van der Waals surface area contributed by atoms with Crippen molar-refractivity contribution in [1.82, 2.24) is 14.8 Å². The van der Waals surface area contributed by atoms with Gasteiger partial charge in [-0.3, -0.25) is 0 Å². The summed E-state index contributed by atoms with van der Waals surface area (Å²) < 4.78 is 4.99. The van der Waals surface area contributed by atoms with E-state index in [4.69, 9.17) is 14.7 Å². The number of methoxy groups -OCH3 is 1. The minimum atomic E-state index is -0.264. The van der Waals surface area contributed by atoms with E-state index in [1.54, 1.807) is 9.75 Å². The van der Waals surface area contributed by atoms with Crippen LogP contribution in [0.4, 0.5) is 4.79 Å². The van der Waals surface area contributed by atoms with E-state index in [-0.39, 0.29) is 12.0 Å². The van der Waals surface area contributed by atoms with Gasteiger partial charge in [-0.2, -0.15) is 0 Å². The van der Waals surface area contributed by atoms with Crippen molar-refractivity contribution >= 4 is 16.9 Å². The number of likely N-dealkylation sites (tertiary alicyclic amines) is 1. The lowest BCUT2D eigenvalue weighted by atomic mass is 9.85. The van der Waals surface area contributed by atoms with Gasteiger partial charge in [0.15, 0.2) is 0 Å². The maximum absolute atomic E-state index is 12.2. The molecular weight excluding hydrogens is 498 g/mol. The highest BCUT2D eigenvalue weighted by Crippen LogP contribution is 2.39. The Labute approximate surface area is 234 Å². The first-order chi connectivity index (χ1) is 19.7. The van der Waals surface area contributed by atoms with E-state index in [9.17, 15) is 4.79 Å². The van der Waals surface area contributed by atoms with Crippen LogP contribution in [-0.4, -0.2) is 41.1 Å². The lowest BCUT2D eigenvalue weighted by molar-refractivity contribution is 0.0727. The van der Waals surface area contributed by atoms with Crippen molar-refractivity contribution in [3.05, 3.63) is 126 Å². The Kier molecular flexibility index (Phi) is 7.49. The van der Waals surface area contributed by atoms with Crippen LogP contribution in [0.25, 0.3) is 22.0 Å². The Bertz CT molecular complexity index is 1590. The zero-order valence-electron chi connectivity index (χ0n) is 22.7. The maximum Gasteiger partial charge on any atom is 0.409 e. The van der Waals surface area contributed by atoms with Gasteiger partial charge in [0.2, 0.25) is 0 Å². The van der Waals surface area contributed by atoms with Gasteiger partial charge in [0, 0.05) is 30.6 Å². The molecule has 6 rings (SSSR count). The van der Waals surface area contributed by atoms with Crippen LogP contribution in [0, 0.1) is 0 Å². The first-order valence-corrected chi connectivity index (χ1v) is 13.8. The van der Waals surface area contributed by atoms with Crippen LogP contribution < -0.4 is 4.84 Å². The lowest BCUT2D eigenvalue weighted by Crippen LogP contribution is -2.38. The fourth-order valence-electron chi connectivity index (χ4n) is 5.70. The molecule has 4 aromatic carbocycles. The summed E-state index contributed by atoms with van der Waals surface area (Å²) in [6, 6.07) is 35.6. The van der Waals surface area contributed by atoms with Crippen molar-refractivity contribution in [3.63, 3.8) is 0 Å². The molecule has 1 fully saturated rings. The van der Waals surface area contributed by atoms with Gasteiger partial charge < -0.3 is 14.5 Å². The molecule has 0 saturated carbocycles. The third-order valence-electron chi connectivity index (χ3n) is 7.73. The van der Waals surface area contributed by atoms with Crippen molar-refractivity contribution in [2.24, 2.45) is 0 Å². The fourth-order valence-corrected chi connectivity index (χ4v) is 5.70. The normalized spacial score (nSPS) is 13.9. The van der Waals surface area contributed by atoms with E-state index in [2.05, 4.69) is 78.9 Å². The Morgan fingerprint density at radius 1 is 0.825 bits per heavy atom. The van der Waals surface area contributed by atoms with E-state index in [0.717, 1.165) is 35.4 Å². The first kappa shape index (κ1) is 25.7. The maximum atomic E-state index is 12.2. The molecule has 0 N–H and O–H groups in total. The second-order valence-electron chi connectivity index (χ2n) is 10.3. The number of amides is 1. The standard InChI is InChI=1S/C34H33N3O3/c1-39-34(38)36-20-18-28(19-21-36)32-31(23-26-16-17-27-12-8-9-15-30(27)22-26)35-37(33(32)29-13-6-3-7-14-29)40-24-25-10-4-2-5-11-25/h2-17,22,28H,18-21,23-24H2,1H3. The number of nitrogens with zero attached hydrogens (tertiary/aromatic N) is 3. The summed E-state index contributed by atoms with van der Waals surface area (Å²) in [5.74, 6) is 0.237. The third-order valence-corrected chi connectivity index (χ3v) is 7.73. The summed E-state index contributed by atoms with van der Waals surface area (Å²) in [6.07, 6.45) is 2.10. The highest BCUT2D eigenvalue weighted by Gasteiger charge is 2.31. The molecule has 6 heteroatoms. The van der Waals surface area contributed by atoms with Crippen molar-refractivity contribution in [2.45, 2.75) is 31.8 Å². The SMILES string of the molecule is COC(=O)N1CCC(c2c(Cc3ccc4ccccc4c3)nn(OCc3ccccc3)c2-c2ccccc2)CC1. The molecule has 0 unspecified atom stereocenters. The lowest BCUT2D eigenvalue weighted by Gasteiger charge is -2.31. The highest BCUT2D eigenvalue weighted by atomic mass is 16.7. The van der Waals surface area contributed by atoms with Crippen LogP contribution in [0.2, 0.25) is 0 Å². The summed E-state index contributed by atoms with van der Waals surface area (Å²) in [7, 11) is 1.44. The zero-order valence-corrected chi connectivity index (χ0v) is 22.7. The molecule has 1 aliphatic heterocycles. The summed E-state index contributed by atoms with van der Waals surface area (Å²) in [4.78, 5) is 22.1. The van der Waals surface area contributed by atoms with Crippen LogP contribution in [0.3, 0.4) is 0 Å². The largest absolute Gasteiger partial charge is 0.453 e. The highest BCUT2D eigenvalue weighted by molar-refractivity contribution is 5.83. The Morgan fingerprint density at radius 2 is 1.50 bits per heavy atom. The molecule has 40 heavy (non-hydrogen) atoms. The summed E-state index contributed by atoms with van der Waals surface area (Å²) in [5.41, 5.74) is 6.57. The van der Waals surface area contributed by atoms with Gasteiger partial charge in [-0.1, -0.05) is 108 Å². The molecule has 5 aromatic rings. The summed E-state index contributed by atoms with van der Waals surface area (Å²) in [6.45, 7) is 1.71. The van der Waals surface area contributed by atoms with E-state index in [1.165, 1.54) is 29.0 Å². The molecule has 2 heterocycles. The first-order valence-electron chi connectivity index (χ1n) is 13.8. The number of piperidine rings is 1. The van der Waals surface area contributed by atoms with Crippen molar-refractivity contribution in [1.29, 1.82) is 0 Å². The van der Waals surface area contributed by atoms with Gasteiger partial charge in [-0.25, -0.2) is 4.79 Å². The van der Waals surface area contributed by atoms with Crippen LogP contribution in [-0.2, 0) is 17.8 Å². The van der Waals surface area contributed by atoms with Gasteiger partial charge in [0.05, 0.1) is 12.8 Å². The topological polar surface area (TPSA) is 56.6 Å². The number of ether oxygens (including phenoxy) is 1. The molecule has 0 aliphatic carbocycles. The average molecular weight is 532 g/mol. The number of hydrogen-bond donors (Lipinski definition) is 0. The van der Waals surface area contributed by atoms with E-state index < -0.39 is 0 Å². The van der Waals surface area contributed by atoms with E-state index in [1.807, 2.05) is 24.3 Å². The zero-order chi connectivity index (χ0) is 27.3. The Hall–Kier alpha value is -4.58. The molecule has 1 aliphatic rings. The van der Waals surface area contributed by atoms with Gasteiger partial charge in [0.25, 0.3) is 0 Å². The van der Waals surface area contributed by atoms with E-state index >= 15 is 0 Å². The summed E-state index contributed by atoms with van der Waals surface area (Å²) >= 11 is 0. The second-order valence-corrected chi connectivity index (χ2v) is 10.3. The molecule has 202 valence electrons. The number of aromatic nitrogens is 2. The molecule has 6 nitrogen and oxygen atoms in total. The molecule has 0 radical (unpaired) electrons. The number of benzene rings is 4. The molecule has 0 atom stereocenters. The molecule has 0 spiro atoms. The Balaban J connectivity index is 1.42. The quantitative estimate of drug-likeness (QED) is 0.230. The van der Waals surface area contributed by atoms with Crippen LogP contribution in [0.5, 0.6) is 0 Å². The third kappa shape index (κ3) is 5.43. The second kappa shape index (κ2) is 11.7. The molecule has 1 saturated heterocycles. The average Bonchev–Trinajstić information content (AvgIpc) is 3.38. The van der Waals surface area contributed by atoms with E-state index in [0.29, 0.717) is 26.1 Å². The predicted molar refractivity (Wildman–Crippen MR) is 157 cm³/mol.